The summed E-state index contributed by atoms with van der Waals surface area (Å²) in [4.78, 5) is 2.27. The zero-order chi connectivity index (χ0) is 13.1. The first-order valence-corrected chi connectivity index (χ1v) is 6.62. The molecule has 18 heavy (non-hydrogen) atoms. The Morgan fingerprint density at radius 2 is 2.28 bits per heavy atom. The van der Waals surface area contributed by atoms with E-state index in [2.05, 4.69) is 29.3 Å². The minimum absolute atomic E-state index is 0.211. The van der Waals surface area contributed by atoms with Crippen molar-refractivity contribution in [2.45, 2.75) is 26.3 Å². The lowest BCUT2D eigenvalue weighted by atomic mass is 10.0. The molecule has 1 atom stereocenters. The van der Waals surface area contributed by atoms with Crippen LogP contribution in [0.25, 0.3) is 0 Å². The van der Waals surface area contributed by atoms with Gasteiger partial charge in [0.2, 0.25) is 0 Å². The summed E-state index contributed by atoms with van der Waals surface area (Å²) in [6.07, 6.45) is 0.524. The zero-order valence-corrected chi connectivity index (χ0v) is 11.6. The van der Waals surface area contributed by atoms with Crippen molar-refractivity contribution in [1.82, 2.24) is 5.32 Å². The summed E-state index contributed by atoms with van der Waals surface area (Å²) < 4.78 is 0. The molecule has 1 N–H and O–H groups in total. The van der Waals surface area contributed by atoms with Gasteiger partial charge in [0.05, 0.1) is 29.2 Å². The highest BCUT2D eigenvalue weighted by molar-refractivity contribution is 6.33. The molecule has 0 bridgehead atoms. The lowest BCUT2D eigenvalue weighted by Crippen LogP contribution is -2.51. The minimum atomic E-state index is 0.211. The summed E-state index contributed by atoms with van der Waals surface area (Å²) in [7, 11) is 0. The number of nitrogens with zero attached hydrogens (tertiary/aromatic N) is 2. The molecule has 96 valence electrons. The van der Waals surface area contributed by atoms with Crippen molar-refractivity contribution in [1.29, 1.82) is 5.26 Å². The molecule has 0 saturated carbocycles. The third-order valence-corrected chi connectivity index (χ3v) is 3.65. The van der Waals surface area contributed by atoms with Gasteiger partial charge in [-0.1, -0.05) is 17.7 Å². The molecule has 1 aromatic carbocycles. The fourth-order valence-electron chi connectivity index (χ4n) is 2.61. The highest BCUT2D eigenvalue weighted by Crippen LogP contribution is 2.33. The highest BCUT2D eigenvalue weighted by atomic mass is 35.5. The van der Waals surface area contributed by atoms with Crippen LogP contribution in [0.1, 0.15) is 17.5 Å². The molecule has 0 amide bonds. The summed E-state index contributed by atoms with van der Waals surface area (Å²) in [5.41, 5.74) is 3.45. The maximum absolute atomic E-state index is 8.93. The summed E-state index contributed by atoms with van der Waals surface area (Å²) >= 11 is 6.39. The van der Waals surface area contributed by atoms with Gasteiger partial charge in [0.15, 0.2) is 0 Å². The van der Waals surface area contributed by atoms with Crippen LogP contribution in [0, 0.1) is 25.2 Å². The standard InChI is InChI=1S/C14H18ClN3/c1-10-7-11(2)14(13(15)8-10)18-6-5-17-9-12(18)3-4-16/h7-8,12,17H,3,5-6,9H2,1-2H3. The predicted molar refractivity (Wildman–Crippen MR) is 75.2 cm³/mol. The molecule has 3 nitrogen and oxygen atoms in total. The normalized spacial score (nSPS) is 19.7. The molecule has 1 fully saturated rings. The van der Waals surface area contributed by atoms with Crippen molar-refractivity contribution in [2.24, 2.45) is 0 Å². The third kappa shape index (κ3) is 2.60. The average molecular weight is 264 g/mol. The first-order chi connectivity index (χ1) is 8.63. The van der Waals surface area contributed by atoms with Gasteiger partial charge in [-0.05, 0) is 31.0 Å². The number of halogens is 1. The van der Waals surface area contributed by atoms with E-state index in [1.54, 1.807) is 0 Å². The van der Waals surface area contributed by atoms with Gasteiger partial charge < -0.3 is 10.2 Å². The molecule has 0 aliphatic carbocycles. The van der Waals surface area contributed by atoms with Crippen LogP contribution in [-0.2, 0) is 0 Å². The van der Waals surface area contributed by atoms with Crippen LogP contribution >= 0.6 is 11.6 Å². The van der Waals surface area contributed by atoms with E-state index >= 15 is 0 Å². The molecule has 0 radical (unpaired) electrons. The van der Waals surface area contributed by atoms with Crippen molar-refractivity contribution in [3.8, 4) is 6.07 Å². The Hall–Kier alpha value is -1.24. The van der Waals surface area contributed by atoms with Gasteiger partial charge in [-0.25, -0.2) is 0 Å². The van der Waals surface area contributed by atoms with E-state index in [1.807, 2.05) is 13.0 Å². The first-order valence-electron chi connectivity index (χ1n) is 6.24. The van der Waals surface area contributed by atoms with Crippen LogP contribution in [0.5, 0.6) is 0 Å². The molecule has 1 saturated heterocycles. The van der Waals surface area contributed by atoms with Gasteiger partial charge >= 0.3 is 0 Å². The Morgan fingerprint density at radius 3 is 2.94 bits per heavy atom. The van der Waals surface area contributed by atoms with E-state index in [4.69, 9.17) is 16.9 Å². The van der Waals surface area contributed by atoms with Gasteiger partial charge in [-0.2, -0.15) is 5.26 Å². The van der Waals surface area contributed by atoms with E-state index < -0.39 is 0 Å². The van der Waals surface area contributed by atoms with Crippen LogP contribution in [0.2, 0.25) is 5.02 Å². The number of benzene rings is 1. The second kappa shape index (κ2) is 5.60. The smallest absolute Gasteiger partial charge is 0.0645 e. The quantitative estimate of drug-likeness (QED) is 0.892. The Morgan fingerprint density at radius 1 is 1.50 bits per heavy atom. The number of anilines is 1. The maximum atomic E-state index is 8.93. The van der Waals surface area contributed by atoms with E-state index in [-0.39, 0.29) is 6.04 Å². The Kier molecular flexibility index (Phi) is 4.11. The van der Waals surface area contributed by atoms with E-state index in [9.17, 15) is 0 Å². The number of nitrogens with one attached hydrogen (secondary N) is 1. The summed E-state index contributed by atoms with van der Waals surface area (Å²) in [5.74, 6) is 0. The third-order valence-electron chi connectivity index (χ3n) is 3.36. The van der Waals surface area contributed by atoms with Crippen LogP contribution in [0.3, 0.4) is 0 Å². The van der Waals surface area contributed by atoms with Gasteiger partial charge in [0.25, 0.3) is 0 Å². The predicted octanol–water partition coefficient (Wildman–Crippen LogP) is 2.65. The van der Waals surface area contributed by atoms with E-state index in [1.165, 1.54) is 11.1 Å². The number of piperazine rings is 1. The lowest BCUT2D eigenvalue weighted by molar-refractivity contribution is 0.480. The van der Waals surface area contributed by atoms with Crippen LogP contribution in [0.15, 0.2) is 12.1 Å². The minimum Gasteiger partial charge on any atom is -0.364 e. The molecule has 1 unspecified atom stereocenters. The van der Waals surface area contributed by atoms with Crippen LogP contribution in [0.4, 0.5) is 5.69 Å². The number of aryl methyl sites for hydroxylation is 2. The summed E-state index contributed by atoms with van der Waals surface area (Å²) in [6.45, 7) is 6.81. The van der Waals surface area contributed by atoms with Crippen molar-refractivity contribution < 1.29 is 0 Å². The first kappa shape index (κ1) is 13.2. The van der Waals surface area contributed by atoms with Gasteiger partial charge in [-0.15, -0.1) is 0 Å². The van der Waals surface area contributed by atoms with Crippen molar-refractivity contribution in [3.63, 3.8) is 0 Å². The molecular weight excluding hydrogens is 246 g/mol. The lowest BCUT2D eigenvalue weighted by Gasteiger charge is -2.38. The molecule has 0 aromatic heterocycles. The van der Waals surface area contributed by atoms with Crippen LogP contribution < -0.4 is 10.2 Å². The maximum Gasteiger partial charge on any atom is 0.0645 e. The fraction of sp³-hybridized carbons (Fsp3) is 0.500. The van der Waals surface area contributed by atoms with E-state index in [0.717, 1.165) is 30.3 Å². The number of rotatable bonds is 2. The number of nitriles is 1. The Balaban J connectivity index is 2.37. The molecule has 1 aliphatic rings. The Bertz CT molecular complexity index is 455. The molecule has 2 rings (SSSR count). The van der Waals surface area contributed by atoms with Gasteiger partial charge in [-0.3, -0.25) is 0 Å². The molecule has 1 aromatic rings. The Labute approximate surface area is 113 Å². The summed E-state index contributed by atoms with van der Waals surface area (Å²) in [6, 6.07) is 6.61. The molecule has 1 aliphatic heterocycles. The molecule has 0 spiro atoms. The molecule has 4 heteroatoms. The molecular formula is C14H18ClN3. The topological polar surface area (TPSA) is 39.1 Å². The van der Waals surface area contributed by atoms with Crippen molar-refractivity contribution >= 4 is 17.3 Å². The van der Waals surface area contributed by atoms with Crippen molar-refractivity contribution in [3.05, 3.63) is 28.3 Å². The largest absolute Gasteiger partial charge is 0.364 e. The van der Waals surface area contributed by atoms with Crippen molar-refractivity contribution in [2.75, 3.05) is 24.5 Å². The SMILES string of the molecule is Cc1cc(C)c(N2CCNCC2CC#N)c(Cl)c1. The van der Waals surface area contributed by atoms with Gasteiger partial charge in [0, 0.05) is 19.6 Å². The number of hydrogen-bond acceptors (Lipinski definition) is 3. The number of hydrogen-bond donors (Lipinski definition) is 1. The van der Waals surface area contributed by atoms with Crippen LogP contribution in [-0.4, -0.2) is 25.7 Å². The average Bonchev–Trinajstić information content (AvgIpc) is 2.30. The molecule has 1 heterocycles. The van der Waals surface area contributed by atoms with E-state index in [0.29, 0.717) is 6.42 Å². The fourth-order valence-corrected chi connectivity index (χ4v) is 3.04. The zero-order valence-electron chi connectivity index (χ0n) is 10.8. The summed E-state index contributed by atoms with van der Waals surface area (Å²) in [5, 5.41) is 13.1. The second-order valence-corrected chi connectivity index (χ2v) is 5.23. The highest BCUT2D eigenvalue weighted by Gasteiger charge is 2.25. The van der Waals surface area contributed by atoms with Gasteiger partial charge in [0.1, 0.15) is 0 Å². The second-order valence-electron chi connectivity index (χ2n) is 4.83. The monoisotopic (exact) mass is 263 g/mol.